The molecular formula is C22H32N2O7S. The van der Waals surface area contributed by atoms with Crippen molar-refractivity contribution in [1.82, 2.24) is 10.2 Å². The van der Waals surface area contributed by atoms with Crippen molar-refractivity contribution < 1.29 is 32.2 Å². The van der Waals surface area contributed by atoms with E-state index in [1.54, 1.807) is 11.0 Å². The average molecular weight is 469 g/mol. The van der Waals surface area contributed by atoms with Gasteiger partial charge in [0.15, 0.2) is 11.5 Å². The summed E-state index contributed by atoms with van der Waals surface area (Å²) >= 11 is 0. The largest absolute Gasteiger partial charge is 0.497 e. The molecular weight excluding hydrogens is 436 g/mol. The number of rotatable bonds is 11. The molecule has 1 aliphatic rings. The number of likely N-dealkylation sites (N-methyl/N-ethyl adjacent to an activating group) is 1. The Balaban J connectivity index is 2.50. The summed E-state index contributed by atoms with van der Waals surface area (Å²) in [5, 5.41) is 3.04. The van der Waals surface area contributed by atoms with Gasteiger partial charge in [-0.1, -0.05) is 0 Å². The van der Waals surface area contributed by atoms with Gasteiger partial charge in [-0.05, 0) is 44.2 Å². The van der Waals surface area contributed by atoms with Crippen LogP contribution in [-0.2, 0) is 24.1 Å². The topological polar surface area (TPSA) is 103 Å². The van der Waals surface area contributed by atoms with Crippen LogP contribution in [-0.4, -0.2) is 78.3 Å². The van der Waals surface area contributed by atoms with Gasteiger partial charge >= 0.3 is 0 Å². The fourth-order valence-corrected chi connectivity index (χ4v) is 5.42. The number of allylic oxidation sites excluding steroid dienone is 1. The first-order valence-corrected chi connectivity index (χ1v) is 11.7. The van der Waals surface area contributed by atoms with Crippen molar-refractivity contribution in [3.8, 4) is 11.5 Å². The van der Waals surface area contributed by atoms with Gasteiger partial charge in [0.05, 0.1) is 38.8 Å². The number of amides is 1. The van der Waals surface area contributed by atoms with Crippen LogP contribution in [0.2, 0.25) is 0 Å². The van der Waals surface area contributed by atoms with Crippen molar-refractivity contribution in [2.45, 2.75) is 29.7 Å². The highest BCUT2D eigenvalue weighted by Crippen LogP contribution is 2.38. The van der Waals surface area contributed by atoms with E-state index in [1.807, 2.05) is 13.8 Å². The van der Waals surface area contributed by atoms with Gasteiger partial charge < -0.3 is 23.8 Å². The second-order valence-corrected chi connectivity index (χ2v) is 9.09. The normalized spacial score (nSPS) is 20.4. The van der Waals surface area contributed by atoms with Gasteiger partial charge in [0.25, 0.3) is 0 Å². The molecule has 9 nitrogen and oxygen atoms in total. The molecule has 1 N–H and O–H groups in total. The molecule has 2 rings (SSSR count). The van der Waals surface area contributed by atoms with Crippen molar-refractivity contribution in [3.05, 3.63) is 42.2 Å². The molecule has 178 valence electrons. The maximum atomic E-state index is 13.8. The van der Waals surface area contributed by atoms with Crippen LogP contribution in [0.4, 0.5) is 0 Å². The molecule has 1 aromatic rings. The Bertz CT molecular complexity index is 970. The van der Waals surface area contributed by atoms with Crippen LogP contribution >= 0.6 is 0 Å². The predicted octanol–water partition coefficient (Wildman–Crippen LogP) is 1.75. The lowest BCUT2D eigenvalue weighted by Crippen LogP contribution is -2.57. The Labute approximate surface area is 189 Å². The third kappa shape index (κ3) is 4.77. The highest BCUT2D eigenvalue weighted by molar-refractivity contribution is 7.93. The molecule has 2 unspecified atom stereocenters. The van der Waals surface area contributed by atoms with E-state index in [-0.39, 0.29) is 23.1 Å². The molecule has 0 heterocycles. The molecule has 32 heavy (non-hydrogen) atoms. The van der Waals surface area contributed by atoms with Gasteiger partial charge in [-0.3, -0.25) is 10.1 Å². The summed E-state index contributed by atoms with van der Waals surface area (Å²) in [5.41, 5.74) is 0. The first kappa shape index (κ1) is 25.7. The number of ether oxygens (including phenoxy) is 4. The van der Waals surface area contributed by atoms with Crippen molar-refractivity contribution >= 4 is 15.7 Å². The summed E-state index contributed by atoms with van der Waals surface area (Å²) in [6.45, 7) is 4.81. The van der Waals surface area contributed by atoms with E-state index >= 15 is 0 Å². The van der Waals surface area contributed by atoms with Crippen molar-refractivity contribution in [2.75, 3.05) is 48.1 Å². The summed E-state index contributed by atoms with van der Waals surface area (Å²) in [7, 11) is 1.57. The van der Waals surface area contributed by atoms with Gasteiger partial charge in [-0.15, -0.1) is 0 Å². The number of nitrogens with zero attached hydrogens (tertiary/aromatic N) is 1. The van der Waals surface area contributed by atoms with Crippen molar-refractivity contribution in [1.29, 1.82) is 0 Å². The van der Waals surface area contributed by atoms with Crippen LogP contribution in [0.25, 0.3) is 0 Å². The van der Waals surface area contributed by atoms with E-state index < -0.39 is 20.8 Å². The Hall–Kier alpha value is -2.56. The van der Waals surface area contributed by atoms with Crippen LogP contribution in [0.5, 0.6) is 11.5 Å². The molecule has 0 bridgehead atoms. The first-order chi connectivity index (χ1) is 15.2. The van der Waals surface area contributed by atoms with Crippen LogP contribution in [0.15, 0.2) is 47.1 Å². The van der Waals surface area contributed by atoms with E-state index in [1.165, 1.54) is 58.8 Å². The zero-order chi connectivity index (χ0) is 23.9. The van der Waals surface area contributed by atoms with Gasteiger partial charge in [-0.25, -0.2) is 8.42 Å². The number of sulfone groups is 1. The van der Waals surface area contributed by atoms with E-state index in [4.69, 9.17) is 18.9 Å². The summed E-state index contributed by atoms with van der Waals surface area (Å²) in [4.78, 5) is 12.4. The second-order valence-electron chi connectivity index (χ2n) is 6.98. The minimum Gasteiger partial charge on any atom is -0.497 e. The molecule has 10 heteroatoms. The molecule has 0 saturated carbocycles. The summed E-state index contributed by atoms with van der Waals surface area (Å²) < 4.78 is 49.1. The zero-order valence-corrected chi connectivity index (χ0v) is 20.2. The molecule has 1 aromatic carbocycles. The minimum atomic E-state index is -4.12. The van der Waals surface area contributed by atoms with Crippen LogP contribution in [0.3, 0.4) is 0 Å². The molecule has 0 saturated heterocycles. The van der Waals surface area contributed by atoms with Gasteiger partial charge in [0.1, 0.15) is 5.76 Å². The monoisotopic (exact) mass is 468 g/mol. The van der Waals surface area contributed by atoms with E-state index in [0.717, 1.165) is 0 Å². The van der Waals surface area contributed by atoms with Crippen molar-refractivity contribution in [2.24, 2.45) is 0 Å². The molecule has 0 aromatic heterocycles. The quantitative estimate of drug-likeness (QED) is 0.524. The number of carbonyl (C=O) groups excluding carboxylic acids is 1. The Kier molecular flexibility index (Phi) is 8.71. The molecule has 1 aliphatic carbocycles. The summed E-state index contributed by atoms with van der Waals surface area (Å²) in [5.74, 6) is 0.977. The lowest BCUT2D eigenvalue weighted by Gasteiger charge is -2.38. The molecule has 0 radical (unpaired) electrons. The van der Waals surface area contributed by atoms with Crippen LogP contribution in [0.1, 0.15) is 13.8 Å². The number of hydrogen-bond donors (Lipinski definition) is 1. The molecule has 2 atom stereocenters. The zero-order valence-electron chi connectivity index (χ0n) is 19.4. The summed E-state index contributed by atoms with van der Waals surface area (Å²) in [6, 6.07) is 3.44. The number of nitrogens with one attached hydrogen (secondary N) is 1. The van der Waals surface area contributed by atoms with E-state index in [2.05, 4.69) is 5.32 Å². The summed E-state index contributed by atoms with van der Waals surface area (Å²) in [6.07, 6.45) is 4.56. The Morgan fingerprint density at radius 3 is 2.25 bits per heavy atom. The van der Waals surface area contributed by atoms with Crippen LogP contribution < -0.4 is 14.8 Å². The lowest BCUT2D eigenvalue weighted by molar-refractivity contribution is -0.130. The Morgan fingerprint density at radius 1 is 1.06 bits per heavy atom. The SMILES string of the molecule is CCN(CC)C(=O)CNC1C=C(OC)C=CC1(OC)S(=O)(=O)c1ccc(OC)c(OC)c1. The van der Waals surface area contributed by atoms with Gasteiger partial charge in [0.2, 0.25) is 20.7 Å². The fraction of sp³-hybridized carbons (Fsp3) is 0.500. The molecule has 0 spiro atoms. The molecule has 1 amide bonds. The first-order valence-electron chi connectivity index (χ1n) is 10.2. The van der Waals surface area contributed by atoms with Crippen molar-refractivity contribution in [3.63, 3.8) is 0 Å². The fourth-order valence-electron chi connectivity index (χ4n) is 3.59. The standard InChI is InChI=1S/C22H32N2O7S/c1-7-24(8-2)21(25)15-23-20-13-16(28-3)11-12-22(20,31-6)32(26,27)17-9-10-18(29-4)19(14-17)30-5/h9-14,20,23H,7-8,15H2,1-6H3. The number of carbonyl (C=O) groups is 1. The third-order valence-corrected chi connectivity index (χ3v) is 7.74. The average Bonchev–Trinajstić information content (AvgIpc) is 2.82. The number of methoxy groups -OCH3 is 4. The number of benzene rings is 1. The smallest absolute Gasteiger partial charge is 0.236 e. The lowest BCUT2D eigenvalue weighted by atomic mass is 10.0. The van der Waals surface area contributed by atoms with E-state index in [0.29, 0.717) is 24.6 Å². The number of hydrogen-bond acceptors (Lipinski definition) is 8. The molecule has 0 aliphatic heterocycles. The van der Waals surface area contributed by atoms with E-state index in [9.17, 15) is 13.2 Å². The van der Waals surface area contributed by atoms with Crippen LogP contribution in [0, 0.1) is 0 Å². The van der Waals surface area contributed by atoms with Gasteiger partial charge in [-0.2, -0.15) is 0 Å². The minimum absolute atomic E-state index is 0.0159. The second kappa shape index (κ2) is 10.8. The maximum absolute atomic E-state index is 13.8. The third-order valence-electron chi connectivity index (χ3n) is 5.47. The maximum Gasteiger partial charge on any atom is 0.236 e. The highest BCUT2D eigenvalue weighted by Gasteiger charge is 2.51. The Morgan fingerprint density at radius 2 is 1.72 bits per heavy atom. The highest BCUT2D eigenvalue weighted by atomic mass is 32.2. The van der Waals surface area contributed by atoms with Gasteiger partial charge in [0, 0.05) is 26.3 Å². The molecule has 0 fully saturated rings. The predicted molar refractivity (Wildman–Crippen MR) is 120 cm³/mol.